The number of carbonyl (C=O) groups is 2. The van der Waals surface area contributed by atoms with E-state index >= 15 is 0 Å². The second-order valence-corrected chi connectivity index (χ2v) is 7.24. The Labute approximate surface area is 165 Å². The molecule has 0 fully saturated rings. The Balaban J connectivity index is 1.80. The zero-order valence-corrected chi connectivity index (χ0v) is 15.9. The van der Waals surface area contributed by atoms with Gasteiger partial charge in [0.05, 0.1) is 23.9 Å². The van der Waals surface area contributed by atoms with Gasteiger partial charge in [-0.3, -0.25) is 4.79 Å². The fourth-order valence-electron chi connectivity index (χ4n) is 3.53. The lowest BCUT2D eigenvalue weighted by atomic mass is 9.91. The first-order chi connectivity index (χ1) is 13.7. The van der Waals surface area contributed by atoms with E-state index in [4.69, 9.17) is 9.47 Å². The molecule has 0 aromatic heterocycles. The molecule has 2 aromatic carbocycles. The van der Waals surface area contributed by atoms with Gasteiger partial charge >= 0.3 is 5.97 Å². The third kappa shape index (κ3) is 3.08. The van der Waals surface area contributed by atoms with Gasteiger partial charge in [0.25, 0.3) is 5.91 Å². The number of rotatable bonds is 2. The third-order valence-electron chi connectivity index (χ3n) is 4.96. The van der Waals surface area contributed by atoms with Crippen LogP contribution >= 0.6 is 0 Å². The molecule has 0 bridgehead atoms. The predicted molar refractivity (Wildman–Crippen MR) is 103 cm³/mol. The van der Waals surface area contributed by atoms with E-state index in [2.05, 4.69) is 5.32 Å². The van der Waals surface area contributed by atoms with Gasteiger partial charge in [0.15, 0.2) is 11.6 Å². The lowest BCUT2D eigenvalue weighted by molar-refractivity contribution is -0.111. The summed E-state index contributed by atoms with van der Waals surface area (Å²) in [4.78, 5) is 24.1. The van der Waals surface area contributed by atoms with E-state index in [1.807, 2.05) is 13.8 Å². The van der Waals surface area contributed by atoms with Crippen molar-refractivity contribution in [3.8, 4) is 0 Å². The second-order valence-electron chi connectivity index (χ2n) is 7.24. The van der Waals surface area contributed by atoms with Crippen molar-refractivity contribution in [2.45, 2.75) is 19.4 Å². The van der Waals surface area contributed by atoms with E-state index < -0.39 is 29.1 Å². The summed E-state index contributed by atoms with van der Waals surface area (Å²) < 4.78 is 38.0. The highest BCUT2D eigenvalue weighted by atomic mass is 19.2. The van der Waals surface area contributed by atoms with E-state index in [1.54, 1.807) is 30.3 Å². The first-order valence-electron chi connectivity index (χ1n) is 8.86. The van der Waals surface area contributed by atoms with Crippen LogP contribution in [-0.4, -0.2) is 24.6 Å². The number of allylic oxidation sites excluding steroid dienone is 1. The molecule has 5 nitrogen and oxygen atoms in total. The van der Waals surface area contributed by atoms with Gasteiger partial charge in [0, 0.05) is 17.2 Å². The van der Waals surface area contributed by atoms with Crippen molar-refractivity contribution in [3.05, 3.63) is 76.6 Å². The molecule has 0 saturated heterocycles. The van der Waals surface area contributed by atoms with Crippen LogP contribution < -0.4 is 5.32 Å². The Hall–Kier alpha value is -3.48. The summed E-state index contributed by atoms with van der Waals surface area (Å²) in [6, 6.07) is 8.73. The molecule has 1 N–H and O–H groups in total. The van der Waals surface area contributed by atoms with Gasteiger partial charge in [-0.05, 0) is 43.7 Å². The molecule has 0 unspecified atom stereocenters. The molecule has 0 radical (unpaired) electrons. The number of hydrogen-bond donors (Lipinski definition) is 1. The summed E-state index contributed by atoms with van der Waals surface area (Å²) in [6.45, 7) is 3.67. The van der Waals surface area contributed by atoms with Gasteiger partial charge in [0.2, 0.25) is 0 Å². The van der Waals surface area contributed by atoms with Crippen LogP contribution in [-0.2, 0) is 14.3 Å². The smallest absolute Gasteiger partial charge is 0.337 e. The molecule has 2 heterocycles. The van der Waals surface area contributed by atoms with Crippen molar-refractivity contribution >= 4 is 28.7 Å². The molecule has 1 amide bonds. The molecule has 148 valence electrons. The zero-order chi connectivity index (χ0) is 20.9. The number of nitrogens with one attached hydrogen (secondary N) is 1. The van der Waals surface area contributed by atoms with Gasteiger partial charge in [-0.2, -0.15) is 0 Å². The number of halogens is 2. The van der Waals surface area contributed by atoms with E-state index in [0.29, 0.717) is 5.56 Å². The molecule has 0 aliphatic carbocycles. The maximum Gasteiger partial charge on any atom is 0.337 e. The van der Waals surface area contributed by atoms with Gasteiger partial charge in [-0.25, -0.2) is 13.6 Å². The SMILES string of the molecule is COC(=O)c1ccc(C2=C/C(=C3\C(=O)Nc4cc(F)c(F)cc43)OC2(C)C)cc1. The summed E-state index contributed by atoms with van der Waals surface area (Å²) >= 11 is 0. The van der Waals surface area contributed by atoms with E-state index in [-0.39, 0.29) is 22.6 Å². The quantitative estimate of drug-likeness (QED) is 0.606. The molecule has 0 saturated carbocycles. The molecular weight excluding hydrogens is 380 g/mol. The van der Waals surface area contributed by atoms with Crippen LogP contribution in [0.2, 0.25) is 0 Å². The number of benzene rings is 2. The monoisotopic (exact) mass is 397 g/mol. The maximum atomic E-state index is 13.8. The number of carbonyl (C=O) groups excluding carboxylic acids is 2. The van der Waals surface area contributed by atoms with Crippen LogP contribution in [0.5, 0.6) is 0 Å². The van der Waals surface area contributed by atoms with E-state index in [9.17, 15) is 18.4 Å². The van der Waals surface area contributed by atoms with Crippen molar-refractivity contribution in [2.24, 2.45) is 0 Å². The zero-order valence-electron chi connectivity index (χ0n) is 15.9. The molecule has 0 atom stereocenters. The van der Waals surface area contributed by atoms with Gasteiger partial charge in [-0.1, -0.05) is 12.1 Å². The average molecular weight is 397 g/mol. The van der Waals surface area contributed by atoms with E-state index in [0.717, 1.165) is 23.3 Å². The molecular formula is C22H17F2NO4. The number of ether oxygens (including phenoxy) is 2. The van der Waals surface area contributed by atoms with Gasteiger partial charge in [-0.15, -0.1) is 0 Å². The second kappa shape index (κ2) is 6.55. The van der Waals surface area contributed by atoms with Crippen molar-refractivity contribution in [3.63, 3.8) is 0 Å². The number of anilines is 1. The summed E-state index contributed by atoms with van der Waals surface area (Å²) in [7, 11) is 1.31. The van der Waals surface area contributed by atoms with Crippen LogP contribution in [0.3, 0.4) is 0 Å². The number of amides is 1. The Morgan fingerprint density at radius 3 is 2.41 bits per heavy atom. The molecule has 2 aliphatic rings. The lowest BCUT2D eigenvalue weighted by Crippen LogP contribution is -2.21. The number of hydrogen-bond acceptors (Lipinski definition) is 4. The third-order valence-corrected chi connectivity index (χ3v) is 4.96. The highest BCUT2D eigenvalue weighted by Gasteiger charge is 2.38. The van der Waals surface area contributed by atoms with Crippen LogP contribution in [0.25, 0.3) is 11.1 Å². The fourth-order valence-corrected chi connectivity index (χ4v) is 3.53. The van der Waals surface area contributed by atoms with Crippen LogP contribution in [0.15, 0.2) is 48.2 Å². The van der Waals surface area contributed by atoms with Gasteiger partial charge in [0.1, 0.15) is 11.4 Å². The average Bonchev–Trinajstić information content (AvgIpc) is 3.16. The van der Waals surface area contributed by atoms with Crippen LogP contribution in [0.4, 0.5) is 14.5 Å². The summed E-state index contributed by atoms with van der Waals surface area (Å²) in [5.74, 6) is -2.74. The van der Waals surface area contributed by atoms with Gasteiger partial charge < -0.3 is 14.8 Å². The minimum absolute atomic E-state index is 0.146. The Morgan fingerprint density at radius 1 is 1.10 bits per heavy atom. The Morgan fingerprint density at radius 2 is 1.76 bits per heavy atom. The minimum Gasteiger partial charge on any atom is -0.482 e. The van der Waals surface area contributed by atoms with Crippen molar-refractivity contribution in [2.75, 3.05) is 12.4 Å². The Kier molecular flexibility index (Phi) is 4.26. The minimum atomic E-state index is -1.04. The van der Waals surface area contributed by atoms with Crippen molar-refractivity contribution < 1.29 is 27.8 Å². The molecule has 0 spiro atoms. The highest BCUT2D eigenvalue weighted by molar-refractivity contribution is 6.32. The first kappa shape index (κ1) is 18.9. The molecule has 4 rings (SSSR count). The standard InChI is InChI=1S/C22H17F2NO4/c1-22(2)14(11-4-6-12(7-5-11)21(27)28-3)9-18(29-22)19-13-8-15(23)16(24)10-17(13)25-20(19)26/h4-10H,1-3H3,(H,25,26)/b19-18+. The molecule has 2 aliphatic heterocycles. The number of methoxy groups -OCH3 is 1. The number of fused-ring (bicyclic) bond motifs is 1. The lowest BCUT2D eigenvalue weighted by Gasteiger charge is -2.23. The normalized spacial score (nSPS) is 19.3. The molecule has 7 heteroatoms. The fraction of sp³-hybridized carbons (Fsp3) is 0.182. The summed E-state index contributed by atoms with van der Waals surface area (Å²) in [5, 5.41) is 2.54. The Bertz CT molecular complexity index is 1110. The summed E-state index contributed by atoms with van der Waals surface area (Å²) in [6.07, 6.45) is 1.71. The van der Waals surface area contributed by atoms with E-state index in [1.165, 1.54) is 7.11 Å². The topological polar surface area (TPSA) is 64.6 Å². The molecule has 2 aromatic rings. The maximum absolute atomic E-state index is 13.8. The van der Waals surface area contributed by atoms with Crippen molar-refractivity contribution in [1.29, 1.82) is 0 Å². The van der Waals surface area contributed by atoms with Crippen molar-refractivity contribution in [1.82, 2.24) is 0 Å². The number of esters is 1. The highest BCUT2D eigenvalue weighted by Crippen LogP contribution is 2.44. The van der Waals surface area contributed by atoms with Crippen LogP contribution in [0.1, 0.15) is 35.3 Å². The largest absolute Gasteiger partial charge is 0.482 e. The summed E-state index contributed by atoms with van der Waals surface area (Å²) in [5.41, 5.74) is 1.79. The predicted octanol–water partition coefficient (Wildman–Crippen LogP) is 4.31. The molecule has 29 heavy (non-hydrogen) atoms. The van der Waals surface area contributed by atoms with Crippen LogP contribution in [0, 0.1) is 11.6 Å². The first-order valence-corrected chi connectivity index (χ1v) is 8.86.